The van der Waals surface area contributed by atoms with Gasteiger partial charge in [0, 0.05) is 26.4 Å². The minimum absolute atomic E-state index is 0.0408. The monoisotopic (exact) mass is 1360 g/mol. The third-order valence-electron chi connectivity index (χ3n) is 9.32. The number of aliphatic hydroxyl groups is 7. The lowest BCUT2D eigenvalue weighted by atomic mass is 10.2. The molecule has 0 aromatic rings. The molecule has 0 saturated carbocycles. The van der Waals surface area contributed by atoms with Crippen molar-refractivity contribution in [3.63, 3.8) is 0 Å². The zero-order valence-corrected chi connectivity index (χ0v) is 42.6. The summed E-state index contributed by atoms with van der Waals surface area (Å²) in [4.78, 5) is 0. The van der Waals surface area contributed by atoms with Crippen LogP contribution in [0.4, 0.5) is 123 Å². The number of rotatable bonds is 50. The Balaban J connectivity index is 5.52. The fourth-order valence-corrected chi connectivity index (χ4v) is 4.86. The van der Waals surface area contributed by atoms with E-state index in [0.29, 0.717) is 0 Å². The van der Waals surface area contributed by atoms with E-state index >= 15 is 0 Å². The van der Waals surface area contributed by atoms with Crippen LogP contribution < -0.4 is 0 Å². The van der Waals surface area contributed by atoms with Gasteiger partial charge in [-0.1, -0.05) is 0 Å². The van der Waals surface area contributed by atoms with E-state index < -0.39 is 207 Å². The molecule has 47 heteroatoms. The van der Waals surface area contributed by atoms with Gasteiger partial charge in [0.1, 0.15) is 56.9 Å². The van der Waals surface area contributed by atoms with Gasteiger partial charge < -0.3 is 73.6 Å². The Morgan fingerprint density at radius 2 is 0.395 bits per heavy atom. The van der Waals surface area contributed by atoms with Crippen LogP contribution in [-0.4, -0.2) is 270 Å². The first-order valence-corrected chi connectivity index (χ1v) is 23.0. The SMILES string of the molecule is OCCCOCC(O)COCC(O)COCC(F)(F)C(F)(F)OC(F)(F)C(F)(F)C(F)(F)OC(F)(F)C(F)(F)COCC(O)COCC(F)(F)C(F)(F)OC(F)(F)C(F)(F)C(F)(F)OC(F)(F)C(F)(F)COCC(O)COCC(O)COCCCO. The molecule has 0 amide bonds. The molecule has 4 atom stereocenters. The maximum Gasteiger partial charge on any atom is 0.433 e. The van der Waals surface area contributed by atoms with E-state index in [1.165, 1.54) is 0 Å². The maximum absolute atomic E-state index is 14.1. The van der Waals surface area contributed by atoms with Gasteiger partial charge in [-0.3, -0.25) is 0 Å². The Morgan fingerprint density at radius 3 is 0.570 bits per heavy atom. The number of hydrogen-bond acceptors (Lipinski definition) is 19. The largest absolute Gasteiger partial charge is 0.433 e. The van der Waals surface area contributed by atoms with Crippen LogP contribution in [0.1, 0.15) is 12.8 Å². The minimum Gasteiger partial charge on any atom is -0.396 e. The highest BCUT2D eigenvalue weighted by Gasteiger charge is 2.83. The fraction of sp³-hybridized carbons (Fsp3) is 1.00. The van der Waals surface area contributed by atoms with Crippen molar-refractivity contribution in [1.29, 1.82) is 0 Å². The van der Waals surface area contributed by atoms with E-state index in [1.807, 2.05) is 0 Å². The summed E-state index contributed by atoms with van der Waals surface area (Å²) in [5, 5.41) is 65.0. The van der Waals surface area contributed by atoms with Crippen LogP contribution in [0.15, 0.2) is 0 Å². The van der Waals surface area contributed by atoms with E-state index in [1.54, 1.807) is 18.9 Å². The van der Waals surface area contributed by atoms with Crippen molar-refractivity contribution >= 4 is 0 Å². The van der Waals surface area contributed by atoms with Crippen LogP contribution in [-0.2, 0) is 56.8 Å². The van der Waals surface area contributed by atoms with E-state index in [0.717, 1.165) is 0 Å². The van der Waals surface area contributed by atoms with Crippen molar-refractivity contribution in [2.75, 3.05) is 119 Å². The van der Waals surface area contributed by atoms with Crippen molar-refractivity contribution in [2.24, 2.45) is 0 Å². The Bertz CT molecular complexity index is 1790. The lowest BCUT2D eigenvalue weighted by Gasteiger charge is -2.37. The molecule has 0 radical (unpaired) electrons. The zero-order chi connectivity index (χ0) is 67.5. The highest BCUT2D eigenvalue weighted by atomic mass is 19.4. The Labute approximate surface area is 462 Å². The average Bonchev–Trinajstić information content (AvgIpc) is 1.01. The molecular weight excluding hydrogens is 1300 g/mol. The van der Waals surface area contributed by atoms with Crippen LogP contribution in [0.3, 0.4) is 0 Å². The highest BCUT2D eigenvalue weighted by Crippen LogP contribution is 2.56. The van der Waals surface area contributed by atoms with Crippen LogP contribution in [0, 0.1) is 0 Å². The molecule has 0 aromatic heterocycles. The molecule has 0 aliphatic heterocycles. The summed E-state index contributed by atoms with van der Waals surface area (Å²) in [6.45, 7) is -24.7. The van der Waals surface area contributed by atoms with Crippen molar-refractivity contribution in [3.8, 4) is 0 Å². The number of alkyl halides is 28. The highest BCUT2D eigenvalue weighted by molar-refractivity contribution is 4.93. The standard InChI is InChI=1S/C39H52F28O19/c40-26(41,17-79-13-23(72)11-77-9-21(70)7-75-5-1-3-68)32(52,53)83-36(60,61)30(48,49)38(64,65)85-34(56,57)28(44,45)19-81-15-25(74)16-82-20-29(46,47)35(58,59)86-39(66,67)31(50,51)37(62,63)84-33(54,55)27(42,43)18-80-14-24(73)12-78-10-22(71)8-76-6-2-4-69/h21-25,68-74H,1-20H2. The number of aliphatic hydroxyl groups excluding tert-OH is 7. The van der Waals surface area contributed by atoms with E-state index in [9.17, 15) is 148 Å². The number of ether oxygens (including phenoxy) is 12. The Kier molecular flexibility index (Phi) is 32.0. The normalized spacial score (nSPS) is 16.6. The first kappa shape index (κ1) is 83.3. The van der Waals surface area contributed by atoms with Crippen molar-refractivity contribution in [1.82, 2.24) is 0 Å². The molecule has 0 rings (SSSR count). The Hall–Kier alpha value is -2.72. The Morgan fingerprint density at radius 1 is 0.233 bits per heavy atom. The topological polar surface area (TPSA) is 252 Å². The van der Waals surface area contributed by atoms with E-state index in [2.05, 4.69) is 28.4 Å². The smallest absolute Gasteiger partial charge is 0.396 e. The van der Waals surface area contributed by atoms with Gasteiger partial charge in [0.25, 0.3) is 0 Å². The van der Waals surface area contributed by atoms with Crippen LogP contribution in [0.2, 0.25) is 0 Å². The summed E-state index contributed by atoms with van der Waals surface area (Å²) >= 11 is 0. The van der Waals surface area contributed by atoms with Crippen molar-refractivity contribution < 1.29 is 216 Å². The van der Waals surface area contributed by atoms with Gasteiger partial charge in [0.15, 0.2) is 0 Å². The first-order chi connectivity index (χ1) is 38.6. The molecule has 0 saturated heterocycles. The molecule has 518 valence electrons. The van der Waals surface area contributed by atoms with Crippen LogP contribution in [0.5, 0.6) is 0 Å². The molecule has 0 aliphatic rings. The second kappa shape index (κ2) is 33.0. The third-order valence-corrected chi connectivity index (χ3v) is 9.32. The molecule has 19 nitrogen and oxygen atoms in total. The second-order valence-electron chi connectivity index (χ2n) is 17.2. The summed E-state index contributed by atoms with van der Waals surface area (Å²) in [6.07, 6.45) is -70.2. The van der Waals surface area contributed by atoms with Crippen LogP contribution in [0.25, 0.3) is 0 Å². The van der Waals surface area contributed by atoms with E-state index in [-0.39, 0.29) is 39.3 Å². The lowest BCUT2D eigenvalue weighted by Crippen LogP contribution is -2.63. The molecule has 0 fully saturated rings. The third kappa shape index (κ3) is 24.8. The molecule has 0 aliphatic carbocycles. The van der Waals surface area contributed by atoms with Gasteiger partial charge >= 0.3 is 84.4 Å². The maximum atomic E-state index is 14.1. The first-order valence-electron chi connectivity index (χ1n) is 23.0. The van der Waals surface area contributed by atoms with Crippen molar-refractivity contribution in [3.05, 3.63) is 0 Å². The van der Waals surface area contributed by atoms with Gasteiger partial charge in [-0.05, 0) is 12.8 Å². The van der Waals surface area contributed by atoms with Gasteiger partial charge in [0.2, 0.25) is 0 Å². The molecule has 4 unspecified atom stereocenters. The second-order valence-corrected chi connectivity index (χ2v) is 17.2. The summed E-state index contributed by atoms with van der Waals surface area (Å²) < 4.78 is 434. The quantitative estimate of drug-likeness (QED) is 0.0301. The molecule has 0 aromatic carbocycles. The van der Waals surface area contributed by atoms with Crippen LogP contribution >= 0.6 is 0 Å². The molecule has 0 bridgehead atoms. The molecular formula is C39H52F28O19. The van der Waals surface area contributed by atoms with Gasteiger partial charge in [0.05, 0.1) is 66.1 Å². The summed E-state index contributed by atoms with van der Waals surface area (Å²) in [6, 6.07) is 0. The molecule has 0 spiro atoms. The minimum atomic E-state index is -8.12. The fourth-order valence-electron chi connectivity index (χ4n) is 4.86. The van der Waals surface area contributed by atoms with Gasteiger partial charge in [-0.25, -0.2) is 18.9 Å². The number of hydrogen-bond donors (Lipinski definition) is 7. The summed E-state index contributed by atoms with van der Waals surface area (Å²) in [5.74, 6) is -42.2. The molecule has 86 heavy (non-hydrogen) atoms. The molecule has 0 heterocycles. The lowest BCUT2D eigenvalue weighted by molar-refractivity contribution is -0.535. The average molecular weight is 1360 g/mol. The van der Waals surface area contributed by atoms with Gasteiger partial charge in [-0.2, -0.15) is 123 Å². The van der Waals surface area contributed by atoms with E-state index in [4.69, 9.17) is 19.7 Å². The summed E-state index contributed by atoms with van der Waals surface area (Å²) in [7, 11) is 0. The predicted molar refractivity (Wildman–Crippen MR) is 214 cm³/mol. The summed E-state index contributed by atoms with van der Waals surface area (Å²) in [5.41, 5.74) is 0. The predicted octanol–water partition coefficient (Wildman–Crippen LogP) is 5.31. The molecule has 7 N–H and O–H groups in total. The number of halogens is 28. The zero-order valence-electron chi connectivity index (χ0n) is 42.6. The van der Waals surface area contributed by atoms with Gasteiger partial charge in [-0.15, -0.1) is 0 Å². The van der Waals surface area contributed by atoms with Crippen molar-refractivity contribution in [2.45, 2.75) is 128 Å².